The van der Waals surface area contributed by atoms with Gasteiger partial charge in [-0.15, -0.1) is 0 Å². The summed E-state index contributed by atoms with van der Waals surface area (Å²) in [6.07, 6.45) is 2.32. The highest BCUT2D eigenvalue weighted by atomic mass is 16.5. The second-order valence-corrected chi connectivity index (χ2v) is 8.50. The van der Waals surface area contributed by atoms with Crippen LogP contribution in [0.2, 0.25) is 0 Å². The van der Waals surface area contributed by atoms with E-state index in [0.717, 1.165) is 23.6 Å². The van der Waals surface area contributed by atoms with Crippen LogP contribution in [0.15, 0.2) is 88.7 Å². The average Bonchev–Trinajstić information content (AvgIpc) is 3.59. The number of furan rings is 1. The molecule has 5 rings (SSSR count). The number of benzene rings is 2. The number of hydrogen-bond donors (Lipinski definition) is 1. The van der Waals surface area contributed by atoms with Crippen LogP contribution in [0.4, 0.5) is 5.69 Å². The molecule has 34 heavy (non-hydrogen) atoms. The molecule has 7 heteroatoms. The molecule has 2 aliphatic rings. The van der Waals surface area contributed by atoms with Crippen LogP contribution in [0.25, 0.3) is 0 Å². The topological polar surface area (TPSA) is 81.0 Å². The number of rotatable bonds is 5. The molecule has 1 fully saturated rings. The zero-order chi connectivity index (χ0) is 23.7. The molecule has 2 unspecified atom stereocenters. The van der Waals surface area contributed by atoms with Crippen LogP contribution in [0, 0.1) is 0 Å². The van der Waals surface area contributed by atoms with E-state index >= 15 is 0 Å². The third-order valence-electron chi connectivity index (χ3n) is 6.81. The number of carbonyl (C=O) groups is 2. The van der Waals surface area contributed by atoms with Crippen LogP contribution < -0.4 is 5.32 Å². The van der Waals surface area contributed by atoms with Crippen molar-refractivity contribution in [2.75, 3.05) is 26.1 Å². The van der Waals surface area contributed by atoms with Gasteiger partial charge in [-0.2, -0.15) is 0 Å². The minimum absolute atomic E-state index is 0.126. The first-order valence-electron chi connectivity index (χ1n) is 11.2. The van der Waals surface area contributed by atoms with Crippen molar-refractivity contribution in [3.8, 4) is 0 Å². The van der Waals surface area contributed by atoms with E-state index < -0.39 is 17.4 Å². The third-order valence-corrected chi connectivity index (χ3v) is 6.81. The van der Waals surface area contributed by atoms with E-state index in [0.29, 0.717) is 18.7 Å². The summed E-state index contributed by atoms with van der Waals surface area (Å²) in [5.74, 6) is -0.707. The van der Waals surface area contributed by atoms with Crippen molar-refractivity contribution in [3.63, 3.8) is 0 Å². The highest BCUT2D eigenvalue weighted by molar-refractivity contribution is 6.15. The highest BCUT2D eigenvalue weighted by Gasteiger charge is 2.58. The van der Waals surface area contributed by atoms with E-state index in [-0.39, 0.29) is 11.6 Å². The number of likely N-dealkylation sites (tertiary alicyclic amines) is 1. The maximum Gasteiger partial charge on any atom is 0.347 e. The van der Waals surface area contributed by atoms with Gasteiger partial charge in [-0.05, 0) is 35.7 Å². The molecule has 1 N–H and O–H groups in total. The van der Waals surface area contributed by atoms with E-state index in [4.69, 9.17) is 13.9 Å². The Labute approximate surface area is 198 Å². The zero-order valence-electron chi connectivity index (χ0n) is 19.1. The van der Waals surface area contributed by atoms with E-state index in [2.05, 4.69) is 22.3 Å². The van der Waals surface area contributed by atoms with Crippen molar-refractivity contribution in [1.82, 2.24) is 4.90 Å². The normalized spacial score (nSPS) is 21.2. The molecule has 2 aliphatic heterocycles. The van der Waals surface area contributed by atoms with Gasteiger partial charge in [0.25, 0.3) is 0 Å². The lowest BCUT2D eigenvalue weighted by Gasteiger charge is -2.36. The zero-order valence-corrected chi connectivity index (χ0v) is 19.1. The number of esters is 2. The fourth-order valence-electron chi connectivity index (χ4n) is 5.44. The maximum atomic E-state index is 12.9. The number of anilines is 1. The third kappa shape index (κ3) is 3.40. The van der Waals surface area contributed by atoms with Gasteiger partial charge in [-0.1, -0.05) is 48.5 Å². The summed E-state index contributed by atoms with van der Waals surface area (Å²) in [6.45, 7) is 1.42. The fourth-order valence-corrected chi connectivity index (χ4v) is 5.44. The first-order chi connectivity index (χ1) is 16.6. The van der Waals surface area contributed by atoms with Gasteiger partial charge < -0.3 is 19.2 Å². The van der Waals surface area contributed by atoms with Gasteiger partial charge >= 0.3 is 11.9 Å². The molecule has 1 saturated heterocycles. The Morgan fingerprint density at radius 3 is 2.38 bits per heavy atom. The highest BCUT2D eigenvalue weighted by Crippen LogP contribution is 2.59. The van der Waals surface area contributed by atoms with E-state index in [1.165, 1.54) is 19.8 Å². The molecule has 1 spiro atoms. The predicted octanol–water partition coefficient (Wildman–Crippen LogP) is 4.19. The molecule has 0 saturated carbocycles. The standard InChI is InChI=1S/C27H26N2O5/c1-32-25(30)22(26(31)33-2)23-27(19-11-6-7-12-20(19)28-23)14-15-29(17-18-9-4-3-5-10-18)24(27)21-13-8-16-34-21/h3-13,16,24,28H,14-15,17H2,1-2H3. The summed E-state index contributed by atoms with van der Waals surface area (Å²) in [5, 5.41) is 3.38. The lowest BCUT2D eigenvalue weighted by molar-refractivity contribution is -0.144. The lowest BCUT2D eigenvalue weighted by Crippen LogP contribution is -2.38. The number of ether oxygens (including phenoxy) is 2. The Hall–Kier alpha value is -3.84. The Kier molecular flexibility index (Phi) is 5.71. The summed E-state index contributed by atoms with van der Waals surface area (Å²) in [6, 6.07) is 21.7. The van der Waals surface area contributed by atoms with Gasteiger partial charge in [-0.25, -0.2) is 9.59 Å². The smallest absolute Gasteiger partial charge is 0.347 e. The molecule has 1 aromatic heterocycles. The minimum atomic E-state index is -0.735. The molecule has 0 bridgehead atoms. The Bertz CT molecular complexity index is 1220. The molecular formula is C27H26N2O5. The quantitative estimate of drug-likeness (QED) is 0.266. The van der Waals surface area contributed by atoms with Crippen LogP contribution >= 0.6 is 0 Å². The molecule has 0 radical (unpaired) electrons. The second-order valence-electron chi connectivity index (χ2n) is 8.50. The summed E-state index contributed by atoms with van der Waals surface area (Å²) >= 11 is 0. The van der Waals surface area contributed by atoms with Gasteiger partial charge in [0.1, 0.15) is 5.76 Å². The SMILES string of the molecule is COC(=O)C(C(=O)OC)=C1Nc2ccccc2C12CCN(Cc1ccccc1)C2c1ccco1. The Balaban J connectivity index is 1.74. The van der Waals surface area contributed by atoms with Crippen LogP contribution in [0.1, 0.15) is 29.3 Å². The van der Waals surface area contributed by atoms with Crippen molar-refractivity contribution in [2.24, 2.45) is 0 Å². The van der Waals surface area contributed by atoms with E-state index in [1.807, 2.05) is 54.6 Å². The Morgan fingerprint density at radius 1 is 1.00 bits per heavy atom. The molecule has 0 aliphatic carbocycles. The number of nitrogens with zero attached hydrogens (tertiary/aromatic N) is 1. The van der Waals surface area contributed by atoms with Crippen molar-refractivity contribution < 1.29 is 23.5 Å². The van der Waals surface area contributed by atoms with Crippen LogP contribution in [0.3, 0.4) is 0 Å². The minimum Gasteiger partial charge on any atom is -0.468 e. The number of para-hydroxylation sites is 1. The molecule has 0 amide bonds. The second kappa shape index (κ2) is 8.83. The van der Waals surface area contributed by atoms with Gasteiger partial charge in [0.2, 0.25) is 0 Å². The van der Waals surface area contributed by atoms with Crippen molar-refractivity contribution in [2.45, 2.75) is 24.4 Å². The molecule has 3 aromatic rings. The Morgan fingerprint density at radius 2 is 1.71 bits per heavy atom. The van der Waals surface area contributed by atoms with Crippen LogP contribution in [-0.4, -0.2) is 37.6 Å². The molecule has 7 nitrogen and oxygen atoms in total. The lowest BCUT2D eigenvalue weighted by atomic mass is 9.71. The predicted molar refractivity (Wildman–Crippen MR) is 126 cm³/mol. The molecule has 2 aromatic carbocycles. The number of fused-ring (bicyclic) bond motifs is 2. The molecular weight excluding hydrogens is 432 g/mol. The van der Waals surface area contributed by atoms with Crippen molar-refractivity contribution >= 4 is 17.6 Å². The summed E-state index contributed by atoms with van der Waals surface area (Å²) in [4.78, 5) is 28.1. The van der Waals surface area contributed by atoms with Crippen molar-refractivity contribution in [1.29, 1.82) is 0 Å². The van der Waals surface area contributed by atoms with Gasteiger partial charge in [-0.3, -0.25) is 4.90 Å². The van der Waals surface area contributed by atoms with Crippen molar-refractivity contribution in [3.05, 3.63) is 101 Å². The molecule has 3 heterocycles. The van der Waals surface area contributed by atoms with Crippen LogP contribution in [0.5, 0.6) is 0 Å². The number of hydrogen-bond acceptors (Lipinski definition) is 7. The maximum absolute atomic E-state index is 12.9. The number of methoxy groups -OCH3 is 2. The monoisotopic (exact) mass is 458 g/mol. The average molecular weight is 459 g/mol. The summed E-state index contributed by atoms with van der Waals surface area (Å²) < 4.78 is 16.0. The molecule has 2 atom stereocenters. The number of carbonyl (C=O) groups excluding carboxylic acids is 2. The van der Waals surface area contributed by atoms with E-state index in [9.17, 15) is 9.59 Å². The summed E-state index contributed by atoms with van der Waals surface area (Å²) in [7, 11) is 2.53. The first kappa shape index (κ1) is 22.0. The fraction of sp³-hybridized carbons (Fsp3) is 0.259. The van der Waals surface area contributed by atoms with Gasteiger partial charge in [0, 0.05) is 18.8 Å². The first-order valence-corrected chi connectivity index (χ1v) is 11.2. The van der Waals surface area contributed by atoms with Gasteiger partial charge in [0.05, 0.1) is 37.6 Å². The number of nitrogens with one attached hydrogen (secondary N) is 1. The van der Waals surface area contributed by atoms with Gasteiger partial charge in [0.15, 0.2) is 5.57 Å². The summed E-state index contributed by atoms with van der Waals surface area (Å²) in [5.41, 5.74) is 2.65. The molecule has 174 valence electrons. The van der Waals surface area contributed by atoms with E-state index in [1.54, 1.807) is 6.26 Å². The van der Waals surface area contributed by atoms with Crippen LogP contribution in [-0.2, 0) is 31.0 Å². The largest absolute Gasteiger partial charge is 0.468 e.